The quantitative estimate of drug-likeness (QED) is 0.634. The molecule has 1 atom stereocenters. The minimum atomic E-state index is -0.584. The molecule has 0 saturated heterocycles. The summed E-state index contributed by atoms with van der Waals surface area (Å²) in [4.78, 5) is 29.6. The predicted octanol–water partition coefficient (Wildman–Crippen LogP) is 4.59. The van der Waals surface area contributed by atoms with E-state index in [2.05, 4.69) is 10.3 Å². The van der Waals surface area contributed by atoms with Gasteiger partial charge in [0.2, 0.25) is 0 Å². The van der Waals surface area contributed by atoms with Crippen LogP contribution in [0.4, 0.5) is 19.3 Å². The van der Waals surface area contributed by atoms with Crippen molar-refractivity contribution in [2.45, 2.75) is 19.6 Å². The van der Waals surface area contributed by atoms with Gasteiger partial charge in [0, 0.05) is 23.5 Å². The Kier molecular flexibility index (Phi) is 5.44. The highest BCUT2D eigenvalue weighted by molar-refractivity contribution is 6.31. The van der Waals surface area contributed by atoms with E-state index in [-0.39, 0.29) is 23.6 Å². The molecule has 0 bridgehead atoms. The van der Waals surface area contributed by atoms with Gasteiger partial charge in [-0.3, -0.25) is 4.79 Å². The average molecular weight is 434 g/mol. The third kappa shape index (κ3) is 3.64. The molecule has 0 fully saturated rings. The number of hydrogen-bond donors (Lipinski definition) is 2. The second kappa shape index (κ2) is 8.04. The third-order valence-electron chi connectivity index (χ3n) is 5.11. The van der Waals surface area contributed by atoms with E-state index in [1.165, 1.54) is 35.2 Å². The first-order valence-corrected chi connectivity index (χ1v) is 9.71. The van der Waals surface area contributed by atoms with Crippen molar-refractivity contribution in [2.75, 3.05) is 18.5 Å². The fourth-order valence-electron chi connectivity index (χ4n) is 3.74. The number of H-pyrrole nitrogens is 1. The SMILES string of the molecule is CCN(C(=O)Nc1ccc(F)c(Cl)c1)[C@H]1COCc2[nH]c(=O)c3cc(F)ccc3c21. The number of aromatic nitrogens is 1. The number of benzene rings is 2. The fraction of sp³-hybridized carbons (Fsp3) is 0.238. The number of fused-ring (bicyclic) bond motifs is 3. The van der Waals surface area contributed by atoms with Gasteiger partial charge in [-0.2, -0.15) is 0 Å². The molecule has 2 N–H and O–H groups in total. The number of aromatic amines is 1. The highest BCUT2D eigenvalue weighted by Gasteiger charge is 2.32. The van der Waals surface area contributed by atoms with Crippen LogP contribution < -0.4 is 10.9 Å². The fourth-order valence-corrected chi connectivity index (χ4v) is 3.92. The molecule has 1 aliphatic heterocycles. The van der Waals surface area contributed by atoms with Crippen molar-refractivity contribution in [3.05, 3.63) is 74.7 Å². The van der Waals surface area contributed by atoms with Gasteiger partial charge in [-0.25, -0.2) is 13.6 Å². The van der Waals surface area contributed by atoms with E-state index in [9.17, 15) is 18.4 Å². The number of carbonyl (C=O) groups is 1. The standard InChI is InChI=1S/C21H18ClF2N3O3/c1-2-27(21(29)25-12-4-6-16(24)15(22)8-12)18-10-30-9-17-19(18)13-5-3-11(23)7-14(13)20(28)26-17/h3-8,18H,2,9-10H2,1H3,(H,25,29)(H,26,28)/t18-/m0/s1. The summed E-state index contributed by atoms with van der Waals surface area (Å²) >= 11 is 5.80. The van der Waals surface area contributed by atoms with Gasteiger partial charge in [-0.05, 0) is 42.6 Å². The van der Waals surface area contributed by atoms with Crippen molar-refractivity contribution >= 4 is 34.1 Å². The summed E-state index contributed by atoms with van der Waals surface area (Å²) in [5.41, 5.74) is 1.19. The zero-order valence-electron chi connectivity index (χ0n) is 16.0. The first kappa shape index (κ1) is 20.3. The molecule has 2 amide bonds. The Morgan fingerprint density at radius 2 is 2.07 bits per heavy atom. The molecule has 2 aromatic carbocycles. The molecule has 156 valence electrons. The molecule has 0 spiro atoms. The summed E-state index contributed by atoms with van der Waals surface area (Å²) in [6, 6.07) is 6.95. The number of carbonyl (C=O) groups excluding carboxylic acids is 1. The van der Waals surface area contributed by atoms with Gasteiger partial charge in [-0.15, -0.1) is 0 Å². The van der Waals surface area contributed by atoms with E-state index in [1.807, 2.05) is 0 Å². The maximum atomic E-state index is 13.7. The Hall–Kier alpha value is -2.97. The Morgan fingerprint density at radius 1 is 1.27 bits per heavy atom. The van der Waals surface area contributed by atoms with Crippen LogP contribution in [0.15, 0.2) is 41.2 Å². The van der Waals surface area contributed by atoms with Crippen LogP contribution in [0.3, 0.4) is 0 Å². The zero-order chi connectivity index (χ0) is 21.4. The molecule has 0 radical (unpaired) electrons. The van der Waals surface area contributed by atoms with Crippen LogP contribution in [0.5, 0.6) is 0 Å². The van der Waals surface area contributed by atoms with Crippen LogP contribution in [0.1, 0.15) is 24.2 Å². The molecule has 30 heavy (non-hydrogen) atoms. The maximum Gasteiger partial charge on any atom is 0.322 e. The maximum absolute atomic E-state index is 13.7. The lowest BCUT2D eigenvalue weighted by Crippen LogP contribution is -2.42. The second-order valence-corrected chi connectivity index (χ2v) is 7.32. The lowest BCUT2D eigenvalue weighted by atomic mass is 9.95. The van der Waals surface area contributed by atoms with Crippen LogP contribution in [0, 0.1) is 11.6 Å². The van der Waals surface area contributed by atoms with Crippen LogP contribution in [-0.4, -0.2) is 29.1 Å². The van der Waals surface area contributed by atoms with Gasteiger partial charge < -0.3 is 19.9 Å². The lowest BCUT2D eigenvalue weighted by molar-refractivity contribution is 0.0471. The van der Waals surface area contributed by atoms with Gasteiger partial charge in [0.25, 0.3) is 5.56 Å². The molecule has 0 aliphatic carbocycles. The number of anilines is 1. The van der Waals surface area contributed by atoms with Crippen LogP contribution >= 0.6 is 11.6 Å². The van der Waals surface area contributed by atoms with E-state index in [1.54, 1.807) is 13.0 Å². The summed E-state index contributed by atoms with van der Waals surface area (Å²) in [5, 5.41) is 3.38. The minimum Gasteiger partial charge on any atom is -0.373 e. The number of likely N-dealkylation sites (N-methyl/N-ethyl adjacent to an activating group) is 1. The summed E-state index contributed by atoms with van der Waals surface area (Å²) in [6.45, 7) is 2.52. The predicted molar refractivity (Wildman–Crippen MR) is 110 cm³/mol. The number of nitrogens with zero attached hydrogens (tertiary/aromatic N) is 1. The zero-order valence-corrected chi connectivity index (χ0v) is 16.7. The summed E-state index contributed by atoms with van der Waals surface area (Å²) < 4.78 is 32.7. The minimum absolute atomic E-state index is 0.104. The summed E-state index contributed by atoms with van der Waals surface area (Å²) in [5.74, 6) is -1.10. The van der Waals surface area contributed by atoms with E-state index >= 15 is 0 Å². The van der Waals surface area contributed by atoms with E-state index in [0.717, 1.165) is 0 Å². The van der Waals surface area contributed by atoms with Gasteiger partial charge >= 0.3 is 6.03 Å². The van der Waals surface area contributed by atoms with Crippen LogP contribution in [-0.2, 0) is 11.3 Å². The molecule has 1 aliphatic rings. The molecule has 2 heterocycles. The van der Waals surface area contributed by atoms with Gasteiger partial charge in [0.15, 0.2) is 0 Å². The van der Waals surface area contributed by atoms with Crippen LogP contribution in [0.25, 0.3) is 10.8 Å². The van der Waals surface area contributed by atoms with Crippen molar-refractivity contribution < 1.29 is 18.3 Å². The molecule has 0 saturated carbocycles. The van der Waals surface area contributed by atoms with E-state index < -0.39 is 29.3 Å². The van der Waals surface area contributed by atoms with Crippen molar-refractivity contribution in [2.24, 2.45) is 0 Å². The van der Waals surface area contributed by atoms with Crippen molar-refractivity contribution in [1.29, 1.82) is 0 Å². The molecule has 0 unspecified atom stereocenters. The number of halogens is 3. The topological polar surface area (TPSA) is 74.4 Å². The first-order chi connectivity index (χ1) is 14.4. The molecular weight excluding hydrogens is 416 g/mol. The van der Waals surface area contributed by atoms with E-state index in [4.69, 9.17) is 16.3 Å². The highest BCUT2D eigenvalue weighted by Crippen LogP contribution is 2.34. The average Bonchev–Trinajstić information content (AvgIpc) is 2.71. The van der Waals surface area contributed by atoms with E-state index in [0.29, 0.717) is 28.9 Å². The molecule has 1 aromatic heterocycles. The Morgan fingerprint density at radius 3 is 2.80 bits per heavy atom. The van der Waals surface area contributed by atoms with Crippen molar-refractivity contribution in [3.8, 4) is 0 Å². The number of rotatable bonds is 3. The molecule has 9 heteroatoms. The highest BCUT2D eigenvalue weighted by atomic mass is 35.5. The lowest BCUT2D eigenvalue weighted by Gasteiger charge is -2.35. The van der Waals surface area contributed by atoms with Gasteiger partial charge in [0.1, 0.15) is 11.6 Å². The number of nitrogens with one attached hydrogen (secondary N) is 2. The number of pyridine rings is 1. The Labute approximate surface area is 175 Å². The number of ether oxygens (including phenoxy) is 1. The number of amides is 2. The van der Waals surface area contributed by atoms with Gasteiger partial charge in [0.05, 0.1) is 29.7 Å². The first-order valence-electron chi connectivity index (χ1n) is 9.33. The summed E-state index contributed by atoms with van der Waals surface area (Å²) in [7, 11) is 0. The molecule has 3 aromatic rings. The molecular formula is C21H18ClF2N3O3. The normalized spacial score (nSPS) is 15.7. The van der Waals surface area contributed by atoms with Crippen LogP contribution in [0.2, 0.25) is 5.02 Å². The summed E-state index contributed by atoms with van der Waals surface area (Å²) in [6.07, 6.45) is 0. The Bertz CT molecular complexity index is 1200. The second-order valence-electron chi connectivity index (χ2n) is 6.91. The molecule has 6 nitrogen and oxygen atoms in total. The van der Waals surface area contributed by atoms with Gasteiger partial charge in [-0.1, -0.05) is 17.7 Å². The molecule has 4 rings (SSSR count). The van der Waals surface area contributed by atoms with Crippen molar-refractivity contribution in [1.82, 2.24) is 9.88 Å². The third-order valence-corrected chi connectivity index (χ3v) is 5.40. The van der Waals surface area contributed by atoms with Crippen molar-refractivity contribution in [3.63, 3.8) is 0 Å². The monoisotopic (exact) mass is 433 g/mol. The Balaban J connectivity index is 1.74. The smallest absolute Gasteiger partial charge is 0.322 e. The largest absolute Gasteiger partial charge is 0.373 e. The number of hydrogen-bond acceptors (Lipinski definition) is 3. The number of urea groups is 1.